The maximum absolute atomic E-state index is 12.8. The third kappa shape index (κ3) is 4.36. The van der Waals surface area contributed by atoms with Crippen molar-refractivity contribution < 1.29 is 18.7 Å². The highest BCUT2D eigenvalue weighted by atomic mass is 16.6. The molecule has 0 saturated heterocycles. The Morgan fingerprint density at radius 3 is 2.32 bits per heavy atom. The van der Waals surface area contributed by atoms with Gasteiger partial charge in [-0.2, -0.15) is 0 Å². The van der Waals surface area contributed by atoms with Gasteiger partial charge in [0.2, 0.25) is 6.10 Å². The summed E-state index contributed by atoms with van der Waals surface area (Å²) in [7, 11) is 0. The third-order valence-corrected chi connectivity index (χ3v) is 4.89. The smallest absolute Gasteiger partial charge is 0.352 e. The average Bonchev–Trinajstić information content (AvgIpc) is 2.77. The summed E-state index contributed by atoms with van der Waals surface area (Å²) in [5.41, 5.74) is 2.99. The quantitative estimate of drug-likeness (QED) is 0.310. The normalized spacial score (nSPS) is 11.8. The van der Waals surface area contributed by atoms with Crippen molar-refractivity contribution in [2.75, 3.05) is 6.61 Å². The van der Waals surface area contributed by atoms with Gasteiger partial charge in [0, 0.05) is 17.2 Å². The van der Waals surface area contributed by atoms with Crippen molar-refractivity contribution in [2.24, 2.45) is 0 Å². The lowest BCUT2D eigenvalue weighted by Gasteiger charge is -2.20. The van der Waals surface area contributed by atoms with Crippen LogP contribution in [0.4, 0.5) is 0 Å². The van der Waals surface area contributed by atoms with Crippen molar-refractivity contribution in [1.29, 1.82) is 0 Å². The summed E-state index contributed by atoms with van der Waals surface area (Å²) in [6.45, 7) is 3.87. The number of esters is 1. The standard InChI is InChI=1S/C26H22O5/c1-3-29-26(28)25(19-12-8-5-9-13-19)31-22-15-17(2)14-21-24(22)20(16-23(27)30-21)18-10-6-4-7-11-18/h4-16,25H,3H2,1-2H3/t25-/m1/s1. The molecular formula is C26H22O5. The van der Waals surface area contributed by atoms with Gasteiger partial charge < -0.3 is 13.9 Å². The molecule has 0 amide bonds. The van der Waals surface area contributed by atoms with Gasteiger partial charge >= 0.3 is 11.6 Å². The fourth-order valence-corrected chi connectivity index (χ4v) is 3.56. The van der Waals surface area contributed by atoms with E-state index in [4.69, 9.17) is 13.9 Å². The van der Waals surface area contributed by atoms with Crippen LogP contribution in [0.1, 0.15) is 24.2 Å². The Labute approximate surface area is 179 Å². The van der Waals surface area contributed by atoms with E-state index in [1.54, 1.807) is 13.0 Å². The predicted molar refractivity (Wildman–Crippen MR) is 119 cm³/mol. The number of ether oxygens (including phenoxy) is 2. The Morgan fingerprint density at radius 1 is 0.968 bits per heavy atom. The Bertz CT molecular complexity index is 1260. The molecule has 0 aliphatic rings. The van der Waals surface area contributed by atoms with Gasteiger partial charge in [0.25, 0.3) is 0 Å². The van der Waals surface area contributed by atoms with Gasteiger partial charge in [0.15, 0.2) is 0 Å². The zero-order valence-corrected chi connectivity index (χ0v) is 17.3. The summed E-state index contributed by atoms with van der Waals surface area (Å²) in [6, 6.07) is 23.8. The molecule has 1 heterocycles. The lowest BCUT2D eigenvalue weighted by molar-refractivity contribution is -0.151. The van der Waals surface area contributed by atoms with Crippen LogP contribution in [0.5, 0.6) is 5.75 Å². The fourth-order valence-electron chi connectivity index (χ4n) is 3.56. The SMILES string of the molecule is CCOC(=O)[C@H](Oc1cc(C)cc2oc(=O)cc(-c3ccccc3)c12)c1ccccc1. The zero-order valence-electron chi connectivity index (χ0n) is 17.3. The van der Waals surface area contributed by atoms with E-state index in [0.29, 0.717) is 27.8 Å². The number of hydrogen-bond donors (Lipinski definition) is 0. The molecule has 0 aliphatic heterocycles. The number of rotatable bonds is 6. The van der Waals surface area contributed by atoms with Gasteiger partial charge in [0.1, 0.15) is 11.3 Å². The van der Waals surface area contributed by atoms with Crippen LogP contribution in [0.15, 0.2) is 88.1 Å². The number of carbonyl (C=O) groups is 1. The molecule has 4 aromatic rings. The van der Waals surface area contributed by atoms with Gasteiger partial charge in [-0.3, -0.25) is 0 Å². The average molecular weight is 414 g/mol. The minimum atomic E-state index is -0.957. The molecule has 156 valence electrons. The summed E-state index contributed by atoms with van der Waals surface area (Å²) in [5.74, 6) is -0.0403. The zero-order chi connectivity index (χ0) is 21.8. The number of hydrogen-bond acceptors (Lipinski definition) is 5. The minimum absolute atomic E-state index is 0.240. The monoisotopic (exact) mass is 414 g/mol. The van der Waals surface area contributed by atoms with E-state index in [-0.39, 0.29) is 6.61 Å². The second-order valence-corrected chi connectivity index (χ2v) is 7.14. The summed E-state index contributed by atoms with van der Waals surface area (Å²) in [6.07, 6.45) is -0.957. The summed E-state index contributed by atoms with van der Waals surface area (Å²) >= 11 is 0. The van der Waals surface area contributed by atoms with E-state index in [0.717, 1.165) is 11.1 Å². The van der Waals surface area contributed by atoms with Gasteiger partial charge in [-0.15, -0.1) is 0 Å². The molecule has 31 heavy (non-hydrogen) atoms. The first-order valence-electron chi connectivity index (χ1n) is 10.1. The first kappa shape index (κ1) is 20.4. The van der Waals surface area contributed by atoms with Crippen LogP contribution in [0.2, 0.25) is 0 Å². The van der Waals surface area contributed by atoms with Crippen molar-refractivity contribution in [3.8, 4) is 16.9 Å². The molecule has 0 bridgehead atoms. The van der Waals surface area contributed by atoms with Crippen LogP contribution in [-0.2, 0) is 9.53 Å². The Morgan fingerprint density at radius 2 is 1.65 bits per heavy atom. The number of benzene rings is 3. The molecule has 4 rings (SSSR count). The van der Waals surface area contributed by atoms with E-state index in [2.05, 4.69) is 0 Å². The molecular weight excluding hydrogens is 392 g/mol. The van der Waals surface area contributed by atoms with Crippen LogP contribution in [0, 0.1) is 6.92 Å². The Kier molecular flexibility index (Phi) is 5.85. The van der Waals surface area contributed by atoms with Crippen molar-refractivity contribution in [3.05, 3.63) is 100 Å². The van der Waals surface area contributed by atoms with Crippen LogP contribution in [0.25, 0.3) is 22.1 Å². The molecule has 0 spiro atoms. The highest BCUT2D eigenvalue weighted by molar-refractivity contribution is 5.98. The highest BCUT2D eigenvalue weighted by Gasteiger charge is 2.26. The maximum atomic E-state index is 12.8. The molecule has 0 saturated carbocycles. The number of aryl methyl sites for hydroxylation is 1. The lowest BCUT2D eigenvalue weighted by Crippen LogP contribution is -2.21. The maximum Gasteiger partial charge on any atom is 0.352 e. The molecule has 5 heteroatoms. The minimum Gasteiger partial charge on any atom is -0.473 e. The fraction of sp³-hybridized carbons (Fsp3) is 0.154. The van der Waals surface area contributed by atoms with Crippen LogP contribution in [0.3, 0.4) is 0 Å². The van der Waals surface area contributed by atoms with Gasteiger partial charge in [-0.1, -0.05) is 60.7 Å². The molecule has 0 fully saturated rings. The van der Waals surface area contributed by atoms with Crippen LogP contribution < -0.4 is 10.4 Å². The van der Waals surface area contributed by atoms with Crippen LogP contribution in [-0.4, -0.2) is 12.6 Å². The number of fused-ring (bicyclic) bond motifs is 1. The largest absolute Gasteiger partial charge is 0.473 e. The molecule has 0 radical (unpaired) electrons. The van der Waals surface area contributed by atoms with E-state index in [1.807, 2.05) is 73.7 Å². The van der Waals surface area contributed by atoms with Gasteiger partial charge in [0.05, 0.1) is 12.0 Å². The predicted octanol–water partition coefficient (Wildman–Crippen LogP) is 5.45. The molecule has 3 aromatic carbocycles. The number of carbonyl (C=O) groups excluding carboxylic acids is 1. The molecule has 0 unspecified atom stereocenters. The summed E-state index contributed by atoms with van der Waals surface area (Å²) in [4.78, 5) is 25.0. The van der Waals surface area contributed by atoms with Gasteiger partial charge in [-0.25, -0.2) is 9.59 Å². The highest BCUT2D eigenvalue weighted by Crippen LogP contribution is 2.37. The Hall–Kier alpha value is -3.86. The Balaban J connectivity index is 1.92. The van der Waals surface area contributed by atoms with Crippen molar-refractivity contribution in [1.82, 2.24) is 0 Å². The second kappa shape index (κ2) is 8.88. The summed E-state index contributed by atoms with van der Waals surface area (Å²) in [5, 5.41) is 0.627. The lowest BCUT2D eigenvalue weighted by atomic mass is 10.00. The molecule has 0 N–H and O–H groups in total. The first-order valence-corrected chi connectivity index (χ1v) is 10.1. The second-order valence-electron chi connectivity index (χ2n) is 7.14. The van der Waals surface area contributed by atoms with Gasteiger partial charge in [-0.05, 0) is 37.1 Å². The molecule has 1 atom stereocenters. The van der Waals surface area contributed by atoms with E-state index in [9.17, 15) is 9.59 Å². The van der Waals surface area contributed by atoms with E-state index in [1.165, 1.54) is 6.07 Å². The first-order chi connectivity index (χ1) is 15.1. The molecule has 5 nitrogen and oxygen atoms in total. The van der Waals surface area contributed by atoms with Crippen molar-refractivity contribution in [3.63, 3.8) is 0 Å². The molecule has 0 aliphatic carbocycles. The summed E-state index contributed by atoms with van der Waals surface area (Å²) < 4.78 is 17.0. The van der Waals surface area contributed by atoms with Crippen LogP contribution >= 0.6 is 0 Å². The third-order valence-electron chi connectivity index (χ3n) is 4.89. The molecule has 1 aromatic heterocycles. The topological polar surface area (TPSA) is 65.7 Å². The van der Waals surface area contributed by atoms with E-state index < -0.39 is 17.7 Å². The van der Waals surface area contributed by atoms with E-state index >= 15 is 0 Å². The van der Waals surface area contributed by atoms with Crippen molar-refractivity contribution >= 4 is 16.9 Å². The van der Waals surface area contributed by atoms with Crippen molar-refractivity contribution in [2.45, 2.75) is 20.0 Å².